The monoisotopic (exact) mass is 240 g/mol. The molecule has 1 aliphatic rings. The lowest BCUT2D eigenvalue weighted by Gasteiger charge is -2.31. The lowest BCUT2D eigenvalue weighted by molar-refractivity contribution is -0.124. The van der Waals surface area contributed by atoms with Crippen molar-refractivity contribution in [2.45, 2.75) is 59.0 Å². The van der Waals surface area contributed by atoms with Crippen LogP contribution in [0.4, 0.5) is 0 Å². The van der Waals surface area contributed by atoms with Gasteiger partial charge >= 0.3 is 0 Å². The van der Waals surface area contributed by atoms with Crippen molar-refractivity contribution in [3.8, 4) is 0 Å². The van der Waals surface area contributed by atoms with Crippen molar-refractivity contribution >= 4 is 5.78 Å². The zero-order valence-corrected chi connectivity index (χ0v) is 11.8. The van der Waals surface area contributed by atoms with Gasteiger partial charge in [0.05, 0.1) is 6.04 Å². The maximum absolute atomic E-state index is 12.2. The van der Waals surface area contributed by atoms with Gasteiger partial charge in [0.2, 0.25) is 0 Å². The Labute approximate surface area is 106 Å². The summed E-state index contributed by atoms with van der Waals surface area (Å²) in [4.78, 5) is 14.6. The van der Waals surface area contributed by atoms with Gasteiger partial charge in [-0.2, -0.15) is 0 Å². The van der Waals surface area contributed by atoms with E-state index in [9.17, 15) is 4.79 Å². The fourth-order valence-corrected chi connectivity index (χ4v) is 2.43. The Morgan fingerprint density at radius 2 is 1.71 bits per heavy atom. The molecule has 0 saturated carbocycles. The Bertz CT molecular complexity index is 232. The summed E-state index contributed by atoms with van der Waals surface area (Å²) in [6.07, 6.45) is 3.91. The quantitative estimate of drug-likeness (QED) is 0.771. The van der Waals surface area contributed by atoms with E-state index in [1.54, 1.807) is 0 Å². The van der Waals surface area contributed by atoms with Crippen molar-refractivity contribution in [2.75, 3.05) is 19.6 Å². The molecule has 1 aliphatic heterocycles. The van der Waals surface area contributed by atoms with Gasteiger partial charge in [0.15, 0.2) is 5.78 Å². The Morgan fingerprint density at radius 3 is 2.18 bits per heavy atom. The van der Waals surface area contributed by atoms with Crippen molar-refractivity contribution in [3.05, 3.63) is 0 Å². The molecular formula is C14H28N2O. The summed E-state index contributed by atoms with van der Waals surface area (Å²) in [6.45, 7) is 11.4. The zero-order chi connectivity index (χ0) is 12.8. The van der Waals surface area contributed by atoms with E-state index in [0.717, 1.165) is 19.6 Å². The predicted octanol–water partition coefficient (Wildman–Crippen LogP) is 2.06. The SMILES string of the molecule is CC(C)NC(CN1CCCCC1)C(=O)C(C)C. The van der Waals surface area contributed by atoms with Crippen molar-refractivity contribution in [3.63, 3.8) is 0 Å². The maximum Gasteiger partial charge on any atom is 0.153 e. The highest BCUT2D eigenvalue weighted by atomic mass is 16.1. The van der Waals surface area contributed by atoms with Gasteiger partial charge in [-0.1, -0.05) is 34.1 Å². The Hall–Kier alpha value is -0.410. The minimum absolute atomic E-state index is 0.00750. The number of hydrogen-bond acceptors (Lipinski definition) is 3. The zero-order valence-electron chi connectivity index (χ0n) is 11.8. The number of likely N-dealkylation sites (tertiary alicyclic amines) is 1. The number of nitrogens with zero attached hydrogens (tertiary/aromatic N) is 1. The number of hydrogen-bond donors (Lipinski definition) is 1. The Balaban J connectivity index is 2.52. The molecule has 0 amide bonds. The van der Waals surface area contributed by atoms with Gasteiger partial charge in [-0.15, -0.1) is 0 Å². The van der Waals surface area contributed by atoms with Gasteiger partial charge in [-0.25, -0.2) is 0 Å². The molecule has 0 aromatic rings. The van der Waals surface area contributed by atoms with Crippen LogP contribution >= 0.6 is 0 Å². The second-order valence-corrected chi connectivity index (χ2v) is 5.79. The third-order valence-corrected chi connectivity index (χ3v) is 3.34. The fourth-order valence-electron chi connectivity index (χ4n) is 2.43. The number of ketones is 1. The molecule has 1 N–H and O–H groups in total. The molecule has 0 bridgehead atoms. The lowest BCUT2D eigenvalue weighted by Crippen LogP contribution is -2.50. The molecule has 17 heavy (non-hydrogen) atoms. The first-order valence-electron chi connectivity index (χ1n) is 7.03. The molecule has 1 heterocycles. The fraction of sp³-hybridized carbons (Fsp3) is 0.929. The largest absolute Gasteiger partial charge is 0.304 e. The first kappa shape index (κ1) is 14.7. The van der Waals surface area contributed by atoms with Gasteiger partial charge in [-0.3, -0.25) is 4.79 Å². The second-order valence-electron chi connectivity index (χ2n) is 5.79. The Morgan fingerprint density at radius 1 is 1.12 bits per heavy atom. The topological polar surface area (TPSA) is 32.3 Å². The molecule has 0 spiro atoms. The third kappa shape index (κ3) is 5.17. The number of nitrogens with one attached hydrogen (secondary N) is 1. The van der Waals surface area contributed by atoms with Crippen LogP contribution in [0.5, 0.6) is 0 Å². The van der Waals surface area contributed by atoms with Crippen LogP contribution in [0, 0.1) is 5.92 Å². The van der Waals surface area contributed by atoms with Gasteiger partial charge < -0.3 is 10.2 Å². The molecular weight excluding hydrogens is 212 g/mol. The summed E-state index contributed by atoms with van der Waals surface area (Å²) in [5.41, 5.74) is 0. The van der Waals surface area contributed by atoms with Gasteiger partial charge in [0.1, 0.15) is 0 Å². The normalized spacial score (nSPS) is 19.9. The number of rotatable bonds is 6. The molecule has 0 radical (unpaired) electrons. The number of carbonyl (C=O) groups excluding carboxylic acids is 1. The second kappa shape index (κ2) is 7.12. The van der Waals surface area contributed by atoms with E-state index in [1.807, 2.05) is 13.8 Å². The van der Waals surface area contributed by atoms with Crippen LogP contribution < -0.4 is 5.32 Å². The van der Waals surface area contributed by atoms with E-state index in [1.165, 1.54) is 19.3 Å². The van der Waals surface area contributed by atoms with Crippen LogP contribution in [0.25, 0.3) is 0 Å². The van der Waals surface area contributed by atoms with Crippen molar-refractivity contribution < 1.29 is 4.79 Å². The molecule has 0 aliphatic carbocycles. The lowest BCUT2D eigenvalue weighted by atomic mass is 9.99. The summed E-state index contributed by atoms with van der Waals surface area (Å²) in [7, 11) is 0. The molecule has 1 saturated heterocycles. The van der Waals surface area contributed by atoms with E-state index < -0.39 is 0 Å². The smallest absolute Gasteiger partial charge is 0.153 e. The van der Waals surface area contributed by atoms with E-state index in [4.69, 9.17) is 0 Å². The Kier molecular flexibility index (Phi) is 6.14. The molecule has 1 fully saturated rings. The number of carbonyl (C=O) groups is 1. The van der Waals surface area contributed by atoms with Crippen molar-refractivity contribution in [1.29, 1.82) is 0 Å². The number of piperidine rings is 1. The van der Waals surface area contributed by atoms with Gasteiger partial charge in [-0.05, 0) is 25.9 Å². The standard InChI is InChI=1S/C14H28N2O/c1-11(2)14(17)13(15-12(3)4)10-16-8-6-5-7-9-16/h11-13,15H,5-10H2,1-4H3. The average Bonchev–Trinajstić information content (AvgIpc) is 2.28. The van der Waals surface area contributed by atoms with Crippen LogP contribution in [0.15, 0.2) is 0 Å². The summed E-state index contributed by atoms with van der Waals surface area (Å²) in [5.74, 6) is 0.473. The molecule has 1 atom stereocenters. The highest BCUT2D eigenvalue weighted by molar-refractivity contribution is 5.86. The minimum Gasteiger partial charge on any atom is -0.304 e. The highest BCUT2D eigenvalue weighted by Gasteiger charge is 2.24. The first-order valence-corrected chi connectivity index (χ1v) is 7.03. The van der Waals surface area contributed by atoms with E-state index >= 15 is 0 Å². The van der Waals surface area contributed by atoms with Crippen LogP contribution in [-0.4, -0.2) is 42.4 Å². The predicted molar refractivity (Wildman–Crippen MR) is 72.2 cm³/mol. The van der Waals surface area contributed by atoms with Crippen molar-refractivity contribution in [2.24, 2.45) is 5.92 Å². The van der Waals surface area contributed by atoms with E-state index in [-0.39, 0.29) is 12.0 Å². The van der Waals surface area contributed by atoms with Crippen molar-refractivity contribution in [1.82, 2.24) is 10.2 Å². The van der Waals surface area contributed by atoms with E-state index in [0.29, 0.717) is 11.8 Å². The van der Waals surface area contributed by atoms with Crippen LogP contribution in [0.1, 0.15) is 47.0 Å². The van der Waals surface area contributed by atoms with E-state index in [2.05, 4.69) is 24.1 Å². The molecule has 0 aromatic carbocycles. The molecule has 0 aromatic heterocycles. The summed E-state index contributed by atoms with van der Waals surface area (Å²) in [5, 5.41) is 3.42. The van der Waals surface area contributed by atoms with Crippen LogP contribution in [-0.2, 0) is 4.79 Å². The average molecular weight is 240 g/mol. The summed E-state index contributed by atoms with van der Waals surface area (Å²) < 4.78 is 0. The van der Waals surface area contributed by atoms with Crippen LogP contribution in [0.2, 0.25) is 0 Å². The molecule has 3 heteroatoms. The van der Waals surface area contributed by atoms with Gasteiger partial charge in [0, 0.05) is 18.5 Å². The number of Topliss-reactive ketones (excluding diaryl/α,β-unsaturated/α-hetero) is 1. The molecule has 3 nitrogen and oxygen atoms in total. The highest BCUT2D eigenvalue weighted by Crippen LogP contribution is 2.11. The molecule has 100 valence electrons. The van der Waals surface area contributed by atoms with Crippen LogP contribution in [0.3, 0.4) is 0 Å². The van der Waals surface area contributed by atoms with Gasteiger partial charge in [0.25, 0.3) is 0 Å². The summed E-state index contributed by atoms with van der Waals surface area (Å²) >= 11 is 0. The first-order chi connectivity index (χ1) is 8.00. The maximum atomic E-state index is 12.2. The third-order valence-electron chi connectivity index (χ3n) is 3.34. The summed E-state index contributed by atoms with van der Waals surface area (Å²) in [6, 6.07) is 0.376. The molecule has 1 unspecified atom stereocenters. The minimum atomic E-state index is 0.00750. The molecule has 1 rings (SSSR count).